The Bertz CT molecular complexity index is 518. The van der Waals surface area contributed by atoms with Crippen LogP contribution in [0.4, 0.5) is 10.5 Å². The Morgan fingerprint density at radius 3 is 2.71 bits per heavy atom. The van der Waals surface area contributed by atoms with Gasteiger partial charge in [-0.25, -0.2) is 4.79 Å². The highest BCUT2D eigenvalue weighted by molar-refractivity contribution is 6.30. The molecule has 114 valence electrons. The molecule has 0 unspecified atom stereocenters. The van der Waals surface area contributed by atoms with E-state index in [-0.39, 0.29) is 5.91 Å². The second-order valence-corrected chi connectivity index (χ2v) is 5.20. The van der Waals surface area contributed by atoms with Crippen molar-refractivity contribution in [1.82, 2.24) is 10.2 Å². The second kappa shape index (κ2) is 7.28. The van der Waals surface area contributed by atoms with Gasteiger partial charge in [-0.1, -0.05) is 17.7 Å². The van der Waals surface area contributed by atoms with Gasteiger partial charge < -0.3 is 20.3 Å². The summed E-state index contributed by atoms with van der Waals surface area (Å²) in [5.41, 5.74) is 0.575. The first-order valence-corrected chi connectivity index (χ1v) is 7.13. The molecular formula is C14H18ClN3O3. The Hall–Kier alpha value is -1.79. The number of hydrogen-bond donors (Lipinski definition) is 2. The van der Waals surface area contributed by atoms with Crippen molar-refractivity contribution in [3.05, 3.63) is 29.3 Å². The Kier molecular flexibility index (Phi) is 5.41. The van der Waals surface area contributed by atoms with Gasteiger partial charge in [0, 0.05) is 23.8 Å². The average molecular weight is 312 g/mol. The zero-order valence-electron chi connectivity index (χ0n) is 11.8. The molecule has 1 aliphatic heterocycles. The lowest BCUT2D eigenvalue weighted by atomic mass is 10.2. The third kappa shape index (κ3) is 4.61. The fourth-order valence-electron chi connectivity index (χ4n) is 2.05. The van der Waals surface area contributed by atoms with Crippen molar-refractivity contribution in [1.29, 1.82) is 0 Å². The molecular weight excluding hydrogens is 294 g/mol. The minimum Gasteiger partial charge on any atom is -0.378 e. The van der Waals surface area contributed by atoms with Crippen LogP contribution in [0.15, 0.2) is 24.3 Å². The van der Waals surface area contributed by atoms with Gasteiger partial charge in [-0.2, -0.15) is 0 Å². The topological polar surface area (TPSA) is 70.7 Å². The maximum absolute atomic E-state index is 12.1. The van der Waals surface area contributed by atoms with E-state index in [1.54, 1.807) is 36.1 Å². The molecule has 1 fully saturated rings. The van der Waals surface area contributed by atoms with Crippen molar-refractivity contribution < 1.29 is 14.3 Å². The highest BCUT2D eigenvalue weighted by Gasteiger charge is 2.23. The van der Waals surface area contributed by atoms with E-state index in [1.807, 2.05) is 0 Å². The third-order valence-electron chi connectivity index (χ3n) is 3.12. The predicted molar refractivity (Wildman–Crippen MR) is 80.5 cm³/mol. The molecule has 0 spiro atoms. The lowest BCUT2D eigenvalue weighted by molar-refractivity contribution is -0.136. The van der Waals surface area contributed by atoms with E-state index in [4.69, 9.17) is 16.3 Å². The van der Waals surface area contributed by atoms with Crippen LogP contribution in [0.2, 0.25) is 5.02 Å². The van der Waals surface area contributed by atoms with E-state index in [0.29, 0.717) is 37.0 Å². The van der Waals surface area contributed by atoms with Crippen LogP contribution in [0.25, 0.3) is 0 Å². The summed E-state index contributed by atoms with van der Waals surface area (Å²) in [5, 5.41) is 5.79. The van der Waals surface area contributed by atoms with Crippen LogP contribution in [0.1, 0.15) is 6.92 Å². The van der Waals surface area contributed by atoms with Gasteiger partial charge in [0.15, 0.2) is 0 Å². The quantitative estimate of drug-likeness (QED) is 0.892. The number of carbonyl (C=O) groups is 2. The number of rotatable bonds is 3. The first-order chi connectivity index (χ1) is 10.1. The zero-order chi connectivity index (χ0) is 15.2. The fourth-order valence-corrected chi connectivity index (χ4v) is 2.24. The van der Waals surface area contributed by atoms with Gasteiger partial charge in [0.1, 0.15) is 6.04 Å². The van der Waals surface area contributed by atoms with Crippen LogP contribution in [-0.4, -0.2) is 49.2 Å². The standard InChI is InChI=1S/C14H18ClN3O3/c1-10(13(19)18-5-7-21-8-6-18)16-14(20)17-12-4-2-3-11(15)9-12/h2-4,9-10H,5-8H2,1H3,(H2,16,17,20)/t10-/m1/s1. The number of amides is 3. The number of benzene rings is 1. The molecule has 1 heterocycles. The summed E-state index contributed by atoms with van der Waals surface area (Å²) in [6.45, 7) is 3.84. The van der Waals surface area contributed by atoms with E-state index in [0.717, 1.165) is 0 Å². The minimum atomic E-state index is -0.595. The summed E-state index contributed by atoms with van der Waals surface area (Å²) in [5.74, 6) is -0.112. The first-order valence-electron chi connectivity index (χ1n) is 6.76. The molecule has 3 amide bonds. The number of nitrogens with one attached hydrogen (secondary N) is 2. The SMILES string of the molecule is C[C@@H](NC(=O)Nc1cccc(Cl)c1)C(=O)N1CCOCC1. The number of ether oxygens (including phenoxy) is 1. The fraction of sp³-hybridized carbons (Fsp3) is 0.429. The molecule has 0 bridgehead atoms. The van der Waals surface area contributed by atoms with Gasteiger partial charge in [0.2, 0.25) is 5.91 Å². The summed E-state index contributed by atoms with van der Waals surface area (Å²) in [6, 6.07) is 5.78. The molecule has 0 aliphatic carbocycles. The number of nitrogens with zero attached hydrogens (tertiary/aromatic N) is 1. The van der Waals surface area contributed by atoms with Crippen molar-refractivity contribution in [2.24, 2.45) is 0 Å². The van der Waals surface area contributed by atoms with E-state index in [9.17, 15) is 9.59 Å². The first kappa shape index (κ1) is 15.6. The molecule has 1 aliphatic rings. The van der Waals surface area contributed by atoms with Crippen molar-refractivity contribution in [2.45, 2.75) is 13.0 Å². The number of carbonyl (C=O) groups excluding carboxylic acids is 2. The summed E-state index contributed by atoms with van der Waals surface area (Å²) >= 11 is 5.84. The summed E-state index contributed by atoms with van der Waals surface area (Å²) < 4.78 is 5.19. The Morgan fingerprint density at radius 1 is 1.33 bits per heavy atom. The number of halogens is 1. The molecule has 7 heteroatoms. The number of anilines is 1. The largest absolute Gasteiger partial charge is 0.378 e. The summed E-state index contributed by atoms with van der Waals surface area (Å²) in [4.78, 5) is 25.7. The highest BCUT2D eigenvalue weighted by Crippen LogP contribution is 2.14. The molecule has 0 saturated carbocycles. The normalized spacial score (nSPS) is 16.2. The lowest BCUT2D eigenvalue weighted by Crippen LogP contribution is -2.51. The maximum atomic E-state index is 12.1. The van der Waals surface area contributed by atoms with Gasteiger partial charge in [-0.3, -0.25) is 4.79 Å². The Balaban J connectivity index is 1.85. The number of hydrogen-bond acceptors (Lipinski definition) is 3. The third-order valence-corrected chi connectivity index (χ3v) is 3.36. The number of morpholine rings is 1. The van der Waals surface area contributed by atoms with Gasteiger partial charge >= 0.3 is 6.03 Å². The van der Waals surface area contributed by atoms with Crippen molar-refractivity contribution >= 4 is 29.2 Å². The van der Waals surface area contributed by atoms with E-state index >= 15 is 0 Å². The molecule has 1 atom stereocenters. The molecule has 1 aromatic carbocycles. The average Bonchev–Trinajstić information content (AvgIpc) is 2.47. The Morgan fingerprint density at radius 2 is 2.05 bits per heavy atom. The van der Waals surface area contributed by atoms with Crippen molar-refractivity contribution in [2.75, 3.05) is 31.6 Å². The molecule has 6 nitrogen and oxygen atoms in total. The molecule has 0 radical (unpaired) electrons. The van der Waals surface area contributed by atoms with Gasteiger partial charge in [-0.05, 0) is 25.1 Å². The molecule has 2 N–H and O–H groups in total. The summed E-state index contributed by atoms with van der Waals surface area (Å²) in [6.07, 6.45) is 0. The molecule has 1 aromatic rings. The monoisotopic (exact) mass is 311 g/mol. The second-order valence-electron chi connectivity index (χ2n) is 4.77. The smallest absolute Gasteiger partial charge is 0.319 e. The van der Waals surface area contributed by atoms with Crippen LogP contribution in [0.5, 0.6) is 0 Å². The number of urea groups is 1. The minimum absolute atomic E-state index is 0.112. The van der Waals surface area contributed by atoms with E-state index < -0.39 is 12.1 Å². The molecule has 2 rings (SSSR count). The maximum Gasteiger partial charge on any atom is 0.319 e. The molecule has 21 heavy (non-hydrogen) atoms. The Labute approximate surface area is 128 Å². The highest BCUT2D eigenvalue weighted by atomic mass is 35.5. The van der Waals surface area contributed by atoms with Gasteiger partial charge in [0.25, 0.3) is 0 Å². The summed E-state index contributed by atoms with van der Waals surface area (Å²) in [7, 11) is 0. The van der Waals surface area contributed by atoms with Gasteiger partial charge in [0.05, 0.1) is 13.2 Å². The zero-order valence-corrected chi connectivity index (χ0v) is 12.5. The lowest BCUT2D eigenvalue weighted by Gasteiger charge is -2.29. The van der Waals surface area contributed by atoms with Gasteiger partial charge in [-0.15, -0.1) is 0 Å². The van der Waals surface area contributed by atoms with Crippen LogP contribution in [-0.2, 0) is 9.53 Å². The van der Waals surface area contributed by atoms with E-state index in [1.165, 1.54) is 0 Å². The molecule has 1 saturated heterocycles. The van der Waals surface area contributed by atoms with Crippen LogP contribution in [0, 0.1) is 0 Å². The van der Waals surface area contributed by atoms with Crippen LogP contribution >= 0.6 is 11.6 Å². The molecule has 0 aromatic heterocycles. The van der Waals surface area contributed by atoms with Crippen LogP contribution in [0.3, 0.4) is 0 Å². The van der Waals surface area contributed by atoms with Crippen LogP contribution < -0.4 is 10.6 Å². The predicted octanol–water partition coefficient (Wildman–Crippen LogP) is 1.71. The van der Waals surface area contributed by atoms with Crippen molar-refractivity contribution in [3.8, 4) is 0 Å². The van der Waals surface area contributed by atoms with E-state index in [2.05, 4.69) is 10.6 Å². The van der Waals surface area contributed by atoms with Crippen molar-refractivity contribution in [3.63, 3.8) is 0 Å².